The standard InChI is InChI=1S/C21H18N6O5S/c1-3-10-25-19(29)14-6-4-5-7-16(14)26-20(25)23-24-21(26)33-12-18(28)22-15-9-8-13(32-2)11-17(15)27(30)31/h3-9,11H,1,10,12H2,2H3,(H,22,28). The van der Waals surface area contributed by atoms with Crippen LogP contribution in [0.3, 0.4) is 0 Å². The van der Waals surface area contributed by atoms with Gasteiger partial charge in [-0.15, -0.1) is 16.8 Å². The van der Waals surface area contributed by atoms with Crippen LogP contribution in [0.4, 0.5) is 11.4 Å². The fourth-order valence-electron chi connectivity index (χ4n) is 3.33. The first-order chi connectivity index (χ1) is 15.9. The van der Waals surface area contributed by atoms with Crippen LogP contribution < -0.4 is 15.6 Å². The number of fused-ring (bicyclic) bond motifs is 3. The number of methoxy groups -OCH3 is 1. The molecule has 1 amide bonds. The fraction of sp³-hybridized carbons (Fsp3) is 0.143. The number of nitrogens with zero attached hydrogens (tertiary/aromatic N) is 5. The molecule has 0 aliphatic heterocycles. The predicted molar refractivity (Wildman–Crippen MR) is 124 cm³/mol. The van der Waals surface area contributed by atoms with Crippen molar-refractivity contribution in [2.45, 2.75) is 11.7 Å². The van der Waals surface area contributed by atoms with E-state index in [2.05, 4.69) is 22.1 Å². The summed E-state index contributed by atoms with van der Waals surface area (Å²) < 4.78 is 8.16. The smallest absolute Gasteiger partial charge is 0.296 e. The average Bonchev–Trinajstić information content (AvgIpc) is 3.24. The Kier molecular flexibility index (Phi) is 6.09. The monoisotopic (exact) mass is 466 g/mol. The lowest BCUT2D eigenvalue weighted by Crippen LogP contribution is -2.22. The summed E-state index contributed by atoms with van der Waals surface area (Å²) in [5.41, 5.74) is 0.172. The number of nitro groups is 1. The number of thioether (sulfide) groups is 1. The normalized spacial score (nSPS) is 10.9. The van der Waals surface area contributed by atoms with Gasteiger partial charge in [-0.3, -0.25) is 28.7 Å². The number of hydrogen-bond donors (Lipinski definition) is 1. The van der Waals surface area contributed by atoms with E-state index in [0.29, 0.717) is 27.6 Å². The first-order valence-corrected chi connectivity index (χ1v) is 10.7. The van der Waals surface area contributed by atoms with E-state index >= 15 is 0 Å². The van der Waals surface area contributed by atoms with Gasteiger partial charge >= 0.3 is 0 Å². The third-order valence-electron chi connectivity index (χ3n) is 4.80. The Bertz CT molecular complexity index is 1460. The van der Waals surface area contributed by atoms with Crippen molar-refractivity contribution in [3.63, 3.8) is 0 Å². The summed E-state index contributed by atoms with van der Waals surface area (Å²) in [6.45, 7) is 3.94. The van der Waals surface area contributed by atoms with Gasteiger partial charge in [-0.05, 0) is 24.3 Å². The number of allylic oxidation sites excluding steroid dienone is 1. The Morgan fingerprint density at radius 2 is 2.09 bits per heavy atom. The van der Waals surface area contributed by atoms with Gasteiger partial charge in [0.15, 0.2) is 5.16 Å². The molecule has 11 nitrogen and oxygen atoms in total. The van der Waals surface area contributed by atoms with Crippen molar-refractivity contribution in [2.75, 3.05) is 18.2 Å². The second kappa shape index (κ2) is 9.12. The predicted octanol–water partition coefficient (Wildman–Crippen LogP) is 2.88. The van der Waals surface area contributed by atoms with Crippen molar-refractivity contribution in [2.24, 2.45) is 0 Å². The summed E-state index contributed by atoms with van der Waals surface area (Å²) in [5, 5.41) is 23.1. The highest BCUT2D eigenvalue weighted by Gasteiger charge is 2.20. The number of nitrogens with one attached hydrogen (secondary N) is 1. The molecule has 0 unspecified atom stereocenters. The van der Waals surface area contributed by atoms with Crippen LogP contribution in [-0.2, 0) is 11.3 Å². The lowest BCUT2D eigenvalue weighted by Gasteiger charge is -2.10. The largest absolute Gasteiger partial charge is 0.496 e. The molecule has 12 heteroatoms. The lowest BCUT2D eigenvalue weighted by atomic mass is 10.2. The summed E-state index contributed by atoms with van der Waals surface area (Å²) in [6.07, 6.45) is 1.59. The maximum Gasteiger partial charge on any atom is 0.296 e. The van der Waals surface area contributed by atoms with Crippen LogP contribution >= 0.6 is 11.8 Å². The molecule has 4 aromatic rings. The topological polar surface area (TPSA) is 134 Å². The molecule has 1 N–H and O–H groups in total. The van der Waals surface area contributed by atoms with E-state index in [9.17, 15) is 19.7 Å². The summed E-state index contributed by atoms with van der Waals surface area (Å²) in [6, 6.07) is 11.2. The molecular weight excluding hydrogens is 448 g/mol. The summed E-state index contributed by atoms with van der Waals surface area (Å²) in [4.78, 5) is 36.1. The van der Waals surface area contributed by atoms with Crippen LogP contribution in [0.15, 0.2) is 65.1 Å². The van der Waals surface area contributed by atoms with Crippen molar-refractivity contribution in [1.82, 2.24) is 19.2 Å². The van der Waals surface area contributed by atoms with Crippen molar-refractivity contribution in [1.29, 1.82) is 0 Å². The maximum absolute atomic E-state index is 12.8. The number of aromatic nitrogens is 4. The van der Waals surface area contributed by atoms with Crippen molar-refractivity contribution < 1.29 is 14.5 Å². The lowest BCUT2D eigenvalue weighted by molar-refractivity contribution is -0.384. The zero-order valence-corrected chi connectivity index (χ0v) is 18.2. The third-order valence-corrected chi connectivity index (χ3v) is 5.73. The van der Waals surface area contributed by atoms with Gasteiger partial charge in [-0.2, -0.15) is 0 Å². The number of anilines is 1. The van der Waals surface area contributed by atoms with Crippen LogP contribution in [0.25, 0.3) is 16.7 Å². The molecule has 0 aliphatic carbocycles. The first-order valence-electron chi connectivity index (χ1n) is 9.67. The highest BCUT2D eigenvalue weighted by Crippen LogP contribution is 2.29. The molecular formula is C21H18N6O5S. The molecule has 0 aliphatic rings. The van der Waals surface area contributed by atoms with Crippen molar-refractivity contribution >= 4 is 45.7 Å². The molecule has 168 valence electrons. The van der Waals surface area contributed by atoms with E-state index in [1.54, 1.807) is 34.7 Å². The number of rotatable bonds is 8. The quantitative estimate of drug-likeness (QED) is 0.181. The molecule has 2 aromatic heterocycles. The van der Waals surface area contributed by atoms with E-state index in [4.69, 9.17) is 4.74 Å². The summed E-state index contributed by atoms with van der Waals surface area (Å²) in [5.74, 6) is 0.0845. The van der Waals surface area contributed by atoms with Crippen LogP contribution in [-0.4, -0.2) is 42.9 Å². The minimum Gasteiger partial charge on any atom is -0.496 e. The maximum atomic E-state index is 12.8. The second-order valence-electron chi connectivity index (χ2n) is 6.82. The Labute approximate surface area is 190 Å². The minimum absolute atomic E-state index is 0.0581. The van der Waals surface area contributed by atoms with E-state index in [1.165, 1.54) is 29.9 Å². The summed E-state index contributed by atoms with van der Waals surface area (Å²) in [7, 11) is 1.40. The molecule has 2 heterocycles. The molecule has 0 saturated carbocycles. The first kappa shape index (κ1) is 22.0. The number of carbonyl (C=O) groups is 1. The Morgan fingerprint density at radius 3 is 2.82 bits per heavy atom. The molecule has 0 radical (unpaired) electrons. The molecule has 0 saturated heterocycles. The van der Waals surface area contributed by atoms with Crippen molar-refractivity contribution in [3.05, 3.63) is 75.6 Å². The summed E-state index contributed by atoms with van der Waals surface area (Å²) >= 11 is 1.09. The molecule has 4 rings (SSSR count). The van der Waals surface area contributed by atoms with Gasteiger partial charge in [0.1, 0.15) is 11.4 Å². The molecule has 0 atom stereocenters. The van der Waals surface area contributed by atoms with E-state index in [1.807, 2.05) is 0 Å². The molecule has 0 fully saturated rings. The van der Waals surface area contributed by atoms with Crippen LogP contribution in [0.5, 0.6) is 5.75 Å². The highest BCUT2D eigenvalue weighted by molar-refractivity contribution is 7.99. The SMILES string of the molecule is C=CCn1c(=O)c2ccccc2n2c(SCC(=O)Nc3ccc(OC)cc3[N+](=O)[O-])nnc12. The van der Waals surface area contributed by atoms with Crippen molar-refractivity contribution in [3.8, 4) is 5.75 Å². The number of carbonyl (C=O) groups excluding carboxylic acids is 1. The highest BCUT2D eigenvalue weighted by atomic mass is 32.2. The second-order valence-corrected chi connectivity index (χ2v) is 7.76. The zero-order chi connectivity index (χ0) is 23.5. The number of nitro benzene ring substituents is 1. The number of para-hydroxylation sites is 1. The van der Waals surface area contributed by atoms with Gasteiger partial charge < -0.3 is 10.1 Å². The van der Waals surface area contributed by atoms with Crippen LogP contribution in [0, 0.1) is 10.1 Å². The van der Waals surface area contributed by atoms with E-state index < -0.39 is 10.8 Å². The van der Waals surface area contributed by atoms with Gasteiger partial charge in [0.05, 0.1) is 34.8 Å². The third kappa shape index (κ3) is 4.15. The minimum atomic E-state index is -0.595. The van der Waals surface area contributed by atoms with Gasteiger partial charge in [0.2, 0.25) is 11.7 Å². The molecule has 0 spiro atoms. The molecule has 33 heavy (non-hydrogen) atoms. The number of hydrogen-bond acceptors (Lipinski definition) is 8. The molecule has 0 bridgehead atoms. The van der Waals surface area contributed by atoms with Crippen LogP contribution in [0.2, 0.25) is 0 Å². The van der Waals surface area contributed by atoms with E-state index in [0.717, 1.165) is 11.8 Å². The van der Waals surface area contributed by atoms with Crippen LogP contribution in [0.1, 0.15) is 0 Å². The fourth-order valence-corrected chi connectivity index (χ4v) is 4.07. The van der Waals surface area contributed by atoms with E-state index in [-0.39, 0.29) is 29.2 Å². The average molecular weight is 466 g/mol. The number of ether oxygens (including phenoxy) is 1. The van der Waals surface area contributed by atoms with Gasteiger partial charge in [-0.1, -0.05) is 30.0 Å². The Morgan fingerprint density at radius 1 is 1.30 bits per heavy atom. The number of amides is 1. The van der Waals surface area contributed by atoms with Gasteiger partial charge in [-0.25, -0.2) is 0 Å². The Balaban J connectivity index is 1.63. The van der Waals surface area contributed by atoms with Gasteiger partial charge in [0.25, 0.3) is 11.2 Å². The zero-order valence-electron chi connectivity index (χ0n) is 17.4. The Hall–Kier alpha value is -4.19. The molecule has 2 aromatic carbocycles. The van der Waals surface area contributed by atoms with Gasteiger partial charge in [0, 0.05) is 6.54 Å². The number of benzene rings is 2.